The average Bonchev–Trinajstić information content (AvgIpc) is 2.09. The fourth-order valence-corrected chi connectivity index (χ4v) is 10.9. The van der Waals surface area contributed by atoms with Crippen LogP contribution in [0.15, 0.2) is 0 Å². The minimum absolute atomic E-state index is 0.0385. The molecule has 0 aliphatic rings. The molecule has 2 atom stereocenters. The lowest BCUT2D eigenvalue weighted by atomic mass is 9.90. The van der Waals surface area contributed by atoms with E-state index in [1.807, 2.05) is 0 Å². The van der Waals surface area contributed by atoms with Gasteiger partial charge in [-0.3, -0.25) is 0 Å². The van der Waals surface area contributed by atoms with Gasteiger partial charge in [0.2, 0.25) is 0 Å². The molecule has 3 radical (unpaired) electrons. The molecule has 0 rings (SSSR count). The van der Waals surface area contributed by atoms with Crippen molar-refractivity contribution in [1.29, 1.82) is 0 Å². The van der Waals surface area contributed by atoms with Crippen LogP contribution in [-0.4, -0.2) is 42.0 Å². The highest BCUT2D eigenvalue weighted by atomic mass is 32.4. The maximum Gasteiger partial charge on any atom is 0.336 e. The van der Waals surface area contributed by atoms with Crippen LogP contribution in [0.4, 0.5) is 0 Å². The van der Waals surface area contributed by atoms with Gasteiger partial charge in [0.15, 0.2) is 0 Å². The lowest BCUT2D eigenvalue weighted by Gasteiger charge is -2.57. The maximum absolute atomic E-state index is 6.88. The Balaban J connectivity index is 5.65. The van der Waals surface area contributed by atoms with Crippen LogP contribution in [0.2, 0.25) is 12.6 Å². The molecule has 0 aromatic carbocycles. The Morgan fingerprint density at radius 3 is 1.67 bits per heavy atom. The zero-order valence-corrected chi connectivity index (χ0v) is 19.0. The largest absolute Gasteiger partial charge is 0.395 e. The van der Waals surface area contributed by atoms with Crippen LogP contribution < -0.4 is 0 Å². The number of hydrogen-bond acceptors (Lipinski definition) is 2. The standard InChI is InChI=1S/C16H37O2SSi2/c1-12-17-21(11,13-14(2,3)4)18-16(8,15(5,6)7)19(9,10)20/h12-13H2,1-11H3. The Hall–Kier alpha value is 0.704. The fraction of sp³-hybridized carbons (Fsp3) is 1.00. The molecule has 0 aromatic heterocycles. The van der Waals surface area contributed by atoms with Gasteiger partial charge in [-0.05, 0) is 49.8 Å². The van der Waals surface area contributed by atoms with E-state index in [-0.39, 0.29) is 15.8 Å². The summed E-state index contributed by atoms with van der Waals surface area (Å²) in [7, 11) is 0.663. The van der Waals surface area contributed by atoms with Crippen molar-refractivity contribution >= 4 is 27.4 Å². The molecule has 0 aliphatic heterocycles. The molecular formula is C16H37O2SSi2. The molecule has 0 spiro atoms. The summed E-state index contributed by atoms with van der Waals surface area (Å²) in [4.78, 5) is -0.238. The van der Waals surface area contributed by atoms with E-state index < -0.39 is 18.0 Å². The first-order chi connectivity index (χ1) is 8.97. The highest BCUT2D eigenvalue weighted by Gasteiger charge is 2.51. The maximum atomic E-state index is 6.88. The Bertz CT molecular complexity index is 326. The molecule has 5 heteroatoms. The molecule has 0 saturated carbocycles. The minimum Gasteiger partial charge on any atom is -0.395 e. The fourth-order valence-electron chi connectivity index (χ4n) is 2.82. The predicted octanol–water partition coefficient (Wildman–Crippen LogP) is 5.07. The summed E-state index contributed by atoms with van der Waals surface area (Å²) < 4.78 is 13.1. The summed E-state index contributed by atoms with van der Waals surface area (Å²) in [6.07, 6.45) is 4.54. The molecule has 0 N–H and O–H groups in total. The van der Waals surface area contributed by atoms with Crippen LogP contribution in [0.25, 0.3) is 0 Å². The van der Waals surface area contributed by atoms with Gasteiger partial charge < -0.3 is 8.85 Å². The molecular weight excluding hydrogens is 312 g/mol. The lowest BCUT2D eigenvalue weighted by Crippen LogP contribution is -2.56. The van der Waals surface area contributed by atoms with E-state index in [2.05, 4.69) is 83.8 Å². The van der Waals surface area contributed by atoms with Crippen LogP contribution >= 0.6 is 9.48 Å². The third-order valence-corrected chi connectivity index (χ3v) is 11.4. The van der Waals surface area contributed by atoms with Crippen molar-refractivity contribution in [2.24, 2.45) is 10.8 Å². The van der Waals surface area contributed by atoms with Gasteiger partial charge in [0.05, 0.1) is 14.3 Å². The summed E-state index contributed by atoms with van der Waals surface area (Å²) in [6, 6.07) is 1.00. The van der Waals surface area contributed by atoms with E-state index in [1.54, 1.807) is 0 Å². The quantitative estimate of drug-likeness (QED) is 0.623. The Morgan fingerprint density at radius 1 is 1.00 bits per heavy atom. The van der Waals surface area contributed by atoms with Crippen molar-refractivity contribution in [3.8, 4) is 0 Å². The smallest absolute Gasteiger partial charge is 0.336 e. The summed E-state index contributed by atoms with van der Waals surface area (Å²) >= 11 is 0. The van der Waals surface area contributed by atoms with Crippen molar-refractivity contribution < 1.29 is 8.85 Å². The molecule has 0 fully saturated rings. The Kier molecular flexibility index (Phi) is 6.90. The zero-order valence-electron chi connectivity index (χ0n) is 16.1. The summed E-state index contributed by atoms with van der Waals surface area (Å²) in [5.41, 5.74) is 0.247. The van der Waals surface area contributed by atoms with Crippen LogP contribution in [0.5, 0.6) is 0 Å². The molecule has 21 heavy (non-hydrogen) atoms. The SMILES string of the molecule is CCO[Si](C)(CC(C)(C)C)OC(C)(C(C)(C)C)S(C)(C)[Si]. The minimum atomic E-state index is -2.25. The van der Waals surface area contributed by atoms with Gasteiger partial charge in [-0.15, -0.1) is 0 Å². The predicted molar refractivity (Wildman–Crippen MR) is 102 cm³/mol. The number of hydrogen-bond donors (Lipinski definition) is 0. The topological polar surface area (TPSA) is 18.5 Å². The van der Waals surface area contributed by atoms with Crippen molar-refractivity contribution in [1.82, 2.24) is 0 Å². The molecule has 0 bridgehead atoms. The molecule has 2 unspecified atom stereocenters. The van der Waals surface area contributed by atoms with Gasteiger partial charge in [-0.25, -0.2) is 9.48 Å². The van der Waals surface area contributed by atoms with Crippen LogP contribution in [0.1, 0.15) is 55.4 Å². The van der Waals surface area contributed by atoms with Gasteiger partial charge in [-0.1, -0.05) is 41.5 Å². The van der Waals surface area contributed by atoms with Gasteiger partial charge in [0.1, 0.15) is 0 Å². The molecule has 0 aliphatic carbocycles. The molecule has 0 aromatic rings. The van der Waals surface area contributed by atoms with Crippen LogP contribution in [-0.2, 0) is 8.85 Å². The first kappa shape index (κ1) is 21.7. The zero-order chi connectivity index (χ0) is 17.3. The normalized spacial score (nSPS) is 20.8. The van der Waals surface area contributed by atoms with Gasteiger partial charge in [-0.2, -0.15) is 0 Å². The Morgan fingerprint density at radius 2 is 1.43 bits per heavy atom. The molecule has 2 nitrogen and oxygen atoms in total. The van der Waals surface area contributed by atoms with E-state index in [4.69, 9.17) is 8.85 Å². The second-order valence-electron chi connectivity index (χ2n) is 8.93. The monoisotopic (exact) mass is 349 g/mol. The third kappa shape index (κ3) is 6.01. The van der Waals surface area contributed by atoms with Gasteiger partial charge in [0, 0.05) is 6.61 Å². The van der Waals surface area contributed by atoms with Crippen LogP contribution in [0, 0.1) is 10.8 Å². The van der Waals surface area contributed by atoms with Crippen molar-refractivity contribution in [3.63, 3.8) is 0 Å². The lowest BCUT2D eigenvalue weighted by molar-refractivity contribution is 0.0227. The molecule has 0 heterocycles. The molecule has 127 valence electrons. The van der Waals surface area contributed by atoms with Crippen LogP contribution in [0.3, 0.4) is 0 Å². The first-order valence-corrected chi connectivity index (χ1v) is 14.0. The van der Waals surface area contributed by atoms with E-state index >= 15 is 0 Å². The van der Waals surface area contributed by atoms with E-state index in [1.165, 1.54) is 0 Å². The van der Waals surface area contributed by atoms with E-state index in [0.717, 1.165) is 12.7 Å². The second kappa shape index (κ2) is 6.67. The summed E-state index contributed by atoms with van der Waals surface area (Å²) in [5.74, 6) is 0. The van der Waals surface area contributed by atoms with Gasteiger partial charge in [0.25, 0.3) is 0 Å². The highest BCUT2D eigenvalue weighted by molar-refractivity contribution is 8.49. The molecule has 0 amide bonds. The number of rotatable bonds is 6. The molecule has 0 saturated heterocycles. The Labute approximate surface area is 139 Å². The highest BCUT2D eigenvalue weighted by Crippen LogP contribution is 2.59. The van der Waals surface area contributed by atoms with Crippen molar-refractivity contribution in [3.05, 3.63) is 0 Å². The third-order valence-electron chi connectivity index (χ3n) is 4.05. The first-order valence-electron chi connectivity index (χ1n) is 7.79. The van der Waals surface area contributed by atoms with E-state index in [0.29, 0.717) is 0 Å². The van der Waals surface area contributed by atoms with Gasteiger partial charge >= 0.3 is 8.56 Å². The van der Waals surface area contributed by atoms with Crippen molar-refractivity contribution in [2.45, 2.75) is 72.9 Å². The second-order valence-corrected chi connectivity index (χ2v) is 18.5. The van der Waals surface area contributed by atoms with E-state index in [9.17, 15) is 0 Å². The summed E-state index contributed by atoms with van der Waals surface area (Å²) in [5, 5.41) is 0. The average molecular weight is 350 g/mol. The summed E-state index contributed by atoms with van der Waals surface area (Å²) in [6.45, 7) is 20.8. The van der Waals surface area contributed by atoms with Crippen molar-refractivity contribution in [2.75, 3.05) is 19.1 Å².